The molecule has 2 rings (SSSR count). The van der Waals surface area contributed by atoms with Gasteiger partial charge in [0.05, 0.1) is 0 Å². The third-order valence-corrected chi connectivity index (χ3v) is 3.89. The van der Waals surface area contributed by atoms with Gasteiger partial charge in [-0.05, 0) is 44.2 Å². The van der Waals surface area contributed by atoms with Gasteiger partial charge in [0, 0.05) is 24.3 Å². The first-order valence-electron chi connectivity index (χ1n) is 6.46. The Bertz CT molecular complexity index is 457. The Labute approximate surface area is 113 Å². The molecule has 0 spiro atoms. The lowest BCUT2D eigenvalue weighted by molar-refractivity contribution is 0.0727. The molecule has 0 aliphatic heterocycles. The van der Waals surface area contributed by atoms with Crippen molar-refractivity contribution in [2.24, 2.45) is 5.92 Å². The molecule has 1 heterocycles. The Balaban J connectivity index is 2.19. The summed E-state index contributed by atoms with van der Waals surface area (Å²) in [6.07, 6.45) is 3.24. The van der Waals surface area contributed by atoms with Gasteiger partial charge in [0.2, 0.25) is 0 Å². The summed E-state index contributed by atoms with van der Waals surface area (Å²) in [5.74, 6) is 0.704. The number of amides is 1. The number of halogens is 1. The number of carbonyl (C=O) groups is 1. The molecule has 0 aromatic carbocycles. The number of carbonyl (C=O) groups excluding carboxylic acids is 1. The van der Waals surface area contributed by atoms with Crippen molar-refractivity contribution < 1.29 is 4.79 Å². The van der Waals surface area contributed by atoms with Crippen LogP contribution in [0.5, 0.6) is 0 Å². The minimum atomic E-state index is 0.0356. The van der Waals surface area contributed by atoms with E-state index in [0.717, 1.165) is 12.1 Å². The van der Waals surface area contributed by atoms with Gasteiger partial charge < -0.3 is 4.90 Å². The summed E-state index contributed by atoms with van der Waals surface area (Å²) in [5.41, 5.74) is 1.50. The third kappa shape index (κ3) is 2.83. The zero-order valence-corrected chi connectivity index (χ0v) is 11.9. The average Bonchev–Trinajstić information content (AvgIpc) is 3.19. The first kappa shape index (κ1) is 13.3. The second-order valence-electron chi connectivity index (χ2n) is 5.02. The molecule has 1 atom stereocenters. The molecule has 1 unspecified atom stereocenters. The summed E-state index contributed by atoms with van der Waals surface area (Å²) in [7, 11) is 1.87. The third-order valence-electron chi connectivity index (χ3n) is 3.69. The highest BCUT2D eigenvalue weighted by atomic mass is 35.5. The molecular formula is C14H19ClN2O. The number of aromatic nitrogens is 1. The van der Waals surface area contributed by atoms with Crippen LogP contribution in [0.4, 0.5) is 0 Å². The van der Waals surface area contributed by atoms with Gasteiger partial charge in [0.1, 0.15) is 5.15 Å². The van der Waals surface area contributed by atoms with Crippen LogP contribution in [0, 0.1) is 5.92 Å². The lowest BCUT2D eigenvalue weighted by Crippen LogP contribution is -2.36. The van der Waals surface area contributed by atoms with Crippen molar-refractivity contribution in [2.75, 3.05) is 7.05 Å². The van der Waals surface area contributed by atoms with E-state index in [2.05, 4.69) is 11.9 Å². The Morgan fingerprint density at radius 1 is 1.56 bits per heavy atom. The quantitative estimate of drug-likeness (QED) is 0.785. The lowest BCUT2D eigenvalue weighted by atomic mass is 10.1. The summed E-state index contributed by atoms with van der Waals surface area (Å²) in [4.78, 5) is 18.4. The molecule has 1 aliphatic carbocycles. The van der Waals surface area contributed by atoms with E-state index in [4.69, 9.17) is 11.6 Å². The fraction of sp³-hybridized carbons (Fsp3) is 0.571. The molecule has 0 N–H and O–H groups in total. The topological polar surface area (TPSA) is 33.2 Å². The maximum Gasteiger partial charge on any atom is 0.254 e. The zero-order chi connectivity index (χ0) is 13.3. The first-order valence-corrected chi connectivity index (χ1v) is 6.84. The van der Waals surface area contributed by atoms with E-state index >= 15 is 0 Å². The fourth-order valence-electron chi connectivity index (χ4n) is 2.14. The van der Waals surface area contributed by atoms with Crippen LogP contribution >= 0.6 is 11.6 Å². The molecule has 98 valence electrons. The van der Waals surface area contributed by atoms with Crippen molar-refractivity contribution in [1.82, 2.24) is 9.88 Å². The number of hydrogen-bond donors (Lipinski definition) is 0. The van der Waals surface area contributed by atoms with E-state index in [1.165, 1.54) is 12.8 Å². The van der Waals surface area contributed by atoms with Crippen LogP contribution < -0.4 is 0 Å². The summed E-state index contributed by atoms with van der Waals surface area (Å²) in [6.45, 7) is 4.11. The second-order valence-corrected chi connectivity index (χ2v) is 5.40. The smallest absolute Gasteiger partial charge is 0.254 e. The van der Waals surface area contributed by atoms with Crippen molar-refractivity contribution in [1.29, 1.82) is 0 Å². The minimum Gasteiger partial charge on any atom is -0.339 e. The molecule has 0 bridgehead atoms. The van der Waals surface area contributed by atoms with Gasteiger partial charge in [0.15, 0.2) is 0 Å². The van der Waals surface area contributed by atoms with Crippen molar-refractivity contribution in [2.45, 2.75) is 39.2 Å². The van der Waals surface area contributed by atoms with Crippen molar-refractivity contribution >= 4 is 17.5 Å². The van der Waals surface area contributed by atoms with Gasteiger partial charge in [0.25, 0.3) is 5.91 Å². The van der Waals surface area contributed by atoms with Crippen LogP contribution in [0.3, 0.4) is 0 Å². The maximum atomic E-state index is 12.4. The van der Waals surface area contributed by atoms with Crippen molar-refractivity contribution in [3.05, 3.63) is 28.5 Å². The molecule has 1 aromatic rings. The van der Waals surface area contributed by atoms with Crippen molar-refractivity contribution in [3.63, 3.8) is 0 Å². The zero-order valence-electron chi connectivity index (χ0n) is 11.1. The molecule has 3 nitrogen and oxygen atoms in total. The standard InChI is InChI=1S/C14H19ClN2O/c1-4-12-7-11(8-13(15)16-12)14(18)17(3)9(2)10-5-6-10/h7-10H,4-6H2,1-3H3. The Morgan fingerprint density at radius 2 is 2.22 bits per heavy atom. The van der Waals surface area contributed by atoms with Crippen LogP contribution in [0.1, 0.15) is 42.7 Å². The summed E-state index contributed by atoms with van der Waals surface area (Å²) in [6, 6.07) is 3.79. The molecule has 1 aliphatic rings. The van der Waals surface area contributed by atoms with E-state index in [1.54, 1.807) is 6.07 Å². The van der Waals surface area contributed by atoms with Crippen LogP contribution in [0.2, 0.25) is 5.15 Å². The number of aryl methyl sites for hydroxylation is 1. The number of hydrogen-bond acceptors (Lipinski definition) is 2. The van der Waals surface area contributed by atoms with Gasteiger partial charge in [-0.1, -0.05) is 18.5 Å². The van der Waals surface area contributed by atoms with Crippen LogP contribution in [0.25, 0.3) is 0 Å². The van der Waals surface area contributed by atoms with Crippen LogP contribution in [-0.2, 0) is 6.42 Å². The maximum absolute atomic E-state index is 12.4. The Kier molecular flexibility index (Phi) is 3.91. The number of nitrogens with zero attached hydrogens (tertiary/aromatic N) is 2. The highest BCUT2D eigenvalue weighted by Crippen LogP contribution is 2.35. The molecular weight excluding hydrogens is 248 g/mol. The predicted octanol–water partition coefficient (Wildman–Crippen LogP) is 3.17. The largest absolute Gasteiger partial charge is 0.339 e. The predicted molar refractivity (Wildman–Crippen MR) is 72.9 cm³/mol. The molecule has 18 heavy (non-hydrogen) atoms. The average molecular weight is 267 g/mol. The summed E-state index contributed by atoms with van der Waals surface area (Å²) >= 11 is 5.95. The Morgan fingerprint density at radius 3 is 2.78 bits per heavy atom. The number of rotatable bonds is 4. The lowest BCUT2D eigenvalue weighted by Gasteiger charge is -2.25. The highest BCUT2D eigenvalue weighted by Gasteiger charge is 2.32. The molecule has 1 fully saturated rings. The molecule has 1 saturated carbocycles. The highest BCUT2D eigenvalue weighted by molar-refractivity contribution is 6.29. The van der Waals surface area contributed by atoms with Crippen LogP contribution in [-0.4, -0.2) is 28.9 Å². The monoisotopic (exact) mass is 266 g/mol. The first-order chi connectivity index (χ1) is 8.52. The molecule has 1 aromatic heterocycles. The fourth-order valence-corrected chi connectivity index (χ4v) is 2.37. The SMILES string of the molecule is CCc1cc(C(=O)N(C)C(C)C2CC2)cc(Cl)n1. The summed E-state index contributed by atoms with van der Waals surface area (Å²) < 4.78 is 0. The van der Waals surface area contributed by atoms with E-state index in [9.17, 15) is 4.79 Å². The normalized spacial score (nSPS) is 16.4. The van der Waals surface area contributed by atoms with Gasteiger partial charge in [-0.3, -0.25) is 4.79 Å². The van der Waals surface area contributed by atoms with E-state index in [1.807, 2.05) is 24.9 Å². The number of pyridine rings is 1. The van der Waals surface area contributed by atoms with Crippen molar-refractivity contribution in [3.8, 4) is 0 Å². The van der Waals surface area contributed by atoms with E-state index in [-0.39, 0.29) is 5.91 Å². The van der Waals surface area contributed by atoms with Gasteiger partial charge >= 0.3 is 0 Å². The van der Waals surface area contributed by atoms with Gasteiger partial charge in [-0.15, -0.1) is 0 Å². The minimum absolute atomic E-state index is 0.0356. The second kappa shape index (κ2) is 5.27. The Hall–Kier alpha value is -1.09. The summed E-state index contributed by atoms with van der Waals surface area (Å²) in [5, 5.41) is 0.394. The molecule has 0 radical (unpaired) electrons. The molecule has 4 heteroatoms. The van der Waals surface area contributed by atoms with Gasteiger partial charge in [-0.2, -0.15) is 0 Å². The van der Waals surface area contributed by atoms with E-state index in [0.29, 0.717) is 22.7 Å². The van der Waals surface area contributed by atoms with Gasteiger partial charge in [-0.25, -0.2) is 4.98 Å². The van der Waals surface area contributed by atoms with Crippen LogP contribution in [0.15, 0.2) is 12.1 Å². The van der Waals surface area contributed by atoms with E-state index < -0.39 is 0 Å². The molecule has 0 saturated heterocycles. The molecule has 1 amide bonds.